The van der Waals surface area contributed by atoms with Gasteiger partial charge in [0.1, 0.15) is 5.69 Å². The Morgan fingerprint density at radius 2 is 2.00 bits per heavy atom. The summed E-state index contributed by atoms with van der Waals surface area (Å²) in [5, 5.41) is 5.14. The highest BCUT2D eigenvalue weighted by atomic mass is 35.5. The zero-order valence-electron chi connectivity index (χ0n) is 13.6. The van der Waals surface area contributed by atoms with Gasteiger partial charge in [0.2, 0.25) is 0 Å². The SMILES string of the molecule is C[C@@H]1Oc2c(OC(F)F)ccc(C(=O)Nc3c(Cl)cncc3Cl)c2NC1=O. The molecule has 2 heterocycles. The smallest absolute Gasteiger partial charge is 0.387 e. The first-order chi connectivity index (χ1) is 12.8. The van der Waals surface area contributed by atoms with E-state index >= 15 is 0 Å². The summed E-state index contributed by atoms with van der Waals surface area (Å²) >= 11 is 11.9. The van der Waals surface area contributed by atoms with Crippen molar-refractivity contribution in [3.63, 3.8) is 0 Å². The van der Waals surface area contributed by atoms with E-state index in [0.717, 1.165) is 6.07 Å². The van der Waals surface area contributed by atoms with E-state index in [2.05, 4.69) is 20.4 Å². The van der Waals surface area contributed by atoms with Crippen molar-refractivity contribution in [2.45, 2.75) is 19.6 Å². The van der Waals surface area contributed by atoms with E-state index in [4.69, 9.17) is 27.9 Å². The molecule has 1 aromatic heterocycles. The van der Waals surface area contributed by atoms with Crippen molar-refractivity contribution in [2.75, 3.05) is 10.6 Å². The van der Waals surface area contributed by atoms with Gasteiger partial charge in [-0.3, -0.25) is 14.6 Å². The second-order valence-corrected chi connectivity index (χ2v) is 6.19. The summed E-state index contributed by atoms with van der Waals surface area (Å²) in [6.07, 6.45) is 1.61. The van der Waals surface area contributed by atoms with Crippen LogP contribution in [0, 0.1) is 0 Å². The van der Waals surface area contributed by atoms with Gasteiger partial charge in [0.25, 0.3) is 11.8 Å². The van der Waals surface area contributed by atoms with Crippen LogP contribution in [-0.4, -0.2) is 29.5 Å². The fraction of sp³-hybridized carbons (Fsp3) is 0.188. The number of carbonyl (C=O) groups excluding carboxylic acids is 2. The number of hydrogen-bond acceptors (Lipinski definition) is 5. The summed E-state index contributed by atoms with van der Waals surface area (Å²) in [6.45, 7) is -1.69. The second kappa shape index (κ2) is 7.53. The predicted octanol–water partition coefficient (Wildman–Crippen LogP) is 3.96. The fourth-order valence-corrected chi connectivity index (χ4v) is 2.81. The maximum atomic E-state index is 12.7. The molecule has 0 radical (unpaired) electrons. The molecule has 2 N–H and O–H groups in total. The van der Waals surface area contributed by atoms with Crippen molar-refractivity contribution in [1.29, 1.82) is 0 Å². The van der Waals surface area contributed by atoms with Crippen molar-refractivity contribution in [2.24, 2.45) is 0 Å². The molecule has 0 fully saturated rings. The number of nitrogens with one attached hydrogen (secondary N) is 2. The Balaban J connectivity index is 2.02. The van der Waals surface area contributed by atoms with Crippen LogP contribution in [0.1, 0.15) is 17.3 Å². The van der Waals surface area contributed by atoms with Crippen LogP contribution in [0.4, 0.5) is 20.2 Å². The number of pyridine rings is 1. The zero-order valence-corrected chi connectivity index (χ0v) is 15.1. The number of rotatable bonds is 4. The molecule has 0 bridgehead atoms. The summed E-state index contributed by atoms with van der Waals surface area (Å²) in [4.78, 5) is 28.4. The van der Waals surface area contributed by atoms with Crippen molar-refractivity contribution in [3.8, 4) is 11.5 Å². The topological polar surface area (TPSA) is 89.6 Å². The minimum Gasteiger partial charge on any atom is -0.475 e. The number of fused-ring (bicyclic) bond motifs is 1. The molecular weight excluding hydrogens is 407 g/mol. The Hall–Kier alpha value is -2.65. The van der Waals surface area contributed by atoms with Crippen LogP contribution < -0.4 is 20.1 Å². The highest BCUT2D eigenvalue weighted by Gasteiger charge is 2.31. The standard InChI is InChI=1S/C16H11Cl2F2N3O4/c1-6-14(24)22-11-7(2-3-10(13(11)26-6)27-16(19)20)15(25)23-12-8(17)4-21-5-9(12)18/h2-6,16H,1H3,(H,22,24)(H,21,23,25)/t6-/m0/s1. The summed E-state index contributed by atoms with van der Waals surface area (Å²) in [5.41, 5.74) is -0.0534. The lowest BCUT2D eigenvalue weighted by atomic mass is 10.1. The molecular formula is C16H11Cl2F2N3O4. The van der Waals surface area contributed by atoms with Gasteiger partial charge in [0, 0.05) is 12.4 Å². The zero-order chi connectivity index (χ0) is 19.7. The molecule has 0 saturated heterocycles. The highest BCUT2D eigenvalue weighted by Crippen LogP contribution is 2.42. The maximum absolute atomic E-state index is 12.7. The summed E-state index contributed by atoms with van der Waals surface area (Å²) in [5.74, 6) is -1.75. The Labute approximate surface area is 161 Å². The van der Waals surface area contributed by atoms with Crippen molar-refractivity contribution >= 4 is 46.4 Å². The van der Waals surface area contributed by atoms with E-state index in [-0.39, 0.29) is 38.5 Å². The number of halogens is 4. The van der Waals surface area contributed by atoms with E-state index in [1.165, 1.54) is 25.4 Å². The molecule has 1 aromatic carbocycles. The van der Waals surface area contributed by atoms with Crippen molar-refractivity contribution in [3.05, 3.63) is 40.1 Å². The first-order valence-electron chi connectivity index (χ1n) is 7.47. The molecule has 11 heteroatoms. The van der Waals surface area contributed by atoms with E-state index in [1.807, 2.05) is 0 Å². The van der Waals surface area contributed by atoms with E-state index in [1.54, 1.807) is 0 Å². The van der Waals surface area contributed by atoms with Crippen LogP contribution in [0.25, 0.3) is 0 Å². The van der Waals surface area contributed by atoms with Gasteiger partial charge in [-0.15, -0.1) is 0 Å². The molecule has 3 rings (SSSR count). The number of alkyl halides is 2. The molecule has 1 atom stereocenters. The third-order valence-electron chi connectivity index (χ3n) is 3.59. The summed E-state index contributed by atoms with van der Waals surface area (Å²) < 4.78 is 35.0. The molecule has 142 valence electrons. The van der Waals surface area contributed by atoms with Crippen LogP contribution in [-0.2, 0) is 4.79 Å². The van der Waals surface area contributed by atoms with Crippen LogP contribution in [0.3, 0.4) is 0 Å². The fourth-order valence-electron chi connectivity index (χ4n) is 2.35. The Morgan fingerprint density at radius 1 is 1.33 bits per heavy atom. The van der Waals surface area contributed by atoms with Crippen LogP contribution in [0.15, 0.2) is 24.5 Å². The highest BCUT2D eigenvalue weighted by molar-refractivity contribution is 6.39. The molecule has 0 aliphatic carbocycles. The van der Waals surface area contributed by atoms with E-state index < -0.39 is 24.5 Å². The minimum absolute atomic E-state index is 0.0594. The van der Waals surface area contributed by atoms with Crippen LogP contribution in [0.5, 0.6) is 11.5 Å². The maximum Gasteiger partial charge on any atom is 0.387 e. The number of carbonyl (C=O) groups is 2. The summed E-state index contributed by atoms with van der Waals surface area (Å²) in [7, 11) is 0. The first kappa shape index (κ1) is 19.1. The minimum atomic E-state index is -3.11. The second-order valence-electron chi connectivity index (χ2n) is 5.38. The number of ether oxygens (including phenoxy) is 2. The Bertz CT molecular complexity index is 907. The quantitative estimate of drug-likeness (QED) is 0.785. The Kier molecular flexibility index (Phi) is 5.33. The van der Waals surface area contributed by atoms with Gasteiger partial charge in [-0.05, 0) is 19.1 Å². The molecule has 27 heavy (non-hydrogen) atoms. The number of nitrogens with zero attached hydrogens (tertiary/aromatic N) is 1. The third-order valence-corrected chi connectivity index (χ3v) is 4.16. The lowest BCUT2D eigenvalue weighted by Crippen LogP contribution is -2.36. The van der Waals surface area contributed by atoms with Crippen LogP contribution in [0.2, 0.25) is 10.0 Å². The van der Waals surface area contributed by atoms with Gasteiger partial charge in [0.15, 0.2) is 17.6 Å². The average molecular weight is 418 g/mol. The number of benzene rings is 1. The molecule has 0 unspecified atom stereocenters. The Morgan fingerprint density at radius 3 is 2.63 bits per heavy atom. The number of amides is 2. The largest absolute Gasteiger partial charge is 0.475 e. The molecule has 0 saturated carbocycles. The lowest BCUT2D eigenvalue weighted by molar-refractivity contribution is -0.122. The lowest BCUT2D eigenvalue weighted by Gasteiger charge is -2.26. The van der Waals surface area contributed by atoms with Crippen molar-refractivity contribution in [1.82, 2.24) is 4.98 Å². The van der Waals surface area contributed by atoms with E-state index in [0.29, 0.717) is 0 Å². The molecule has 1 aliphatic heterocycles. The van der Waals surface area contributed by atoms with Gasteiger partial charge in [-0.2, -0.15) is 8.78 Å². The number of aromatic nitrogens is 1. The van der Waals surface area contributed by atoms with E-state index in [9.17, 15) is 18.4 Å². The average Bonchev–Trinajstić information content (AvgIpc) is 2.59. The number of hydrogen-bond donors (Lipinski definition) is 2. The summed E-state index contributed by atoms with van der Waals surface area (Å²) in [6, 6.07) is 2.34. The number of anilines is 2. The predicted molar refractivity (Wildman–Crippen MR) is 94.0 cm³/mol. The van der Waals surface area contributed by atoms with Crippen LogP contribution >= 0.6 is 23.2 Å². The normalized spacial score (nSPS) is 15.6. The first-order valence-corrected chi connectivity index (χ1v) is 8.23. The van der Waals surface area contributed by atoms with Crippen molar-refractivity contribution < 1.29 is 27.8 Å². The molecule has 1 aliphatic rings. The van der Waals surface area contributed by atoms with Gasteiger partial charge < -0.3 is 20.1 Å². The molecule has 7 nitrogen and oxygen atoms in total. The molecule has 0 spiro atoms. The molecule has 2 amide bonds. The third kappa shape index (κ3) is 3.88. The monoisotopic (exact) mass is 417 g/mol. The van der Waals surface area contributed by atoms with Gasteiger partial charge in [-0.1, -0.05) is 23.2 Å². The molecule has 2 aromatic rings. The van der Waals surface area contributed by atoms with Gasteiger partial charge in [0.05, 0.1) is 21.3 Å². The van der Waals surface area contributed by atoms with Gasteiger partial charge >= 0.3 is 6.61 Å². The van der Waals surface area contributed by atoms with Gasteiger partial charge in [-0.25, -0.2) is 0 Å².